The lowest BCUT2D eigenvalue weighted by molar-refractivity contribution is 0.523. The third-order valence-electron chi connectivity index (χ3n) is 2.31. The van der Waals surface area contributed by atoms with E-state index in [1.807, 2.05) is 0 Å². The molecule has 1 aliphatic carbocycles. The fraction of sp³-hybridized carbons (Fsp3) is 0.600. The van der Waals surface area contributed by atoms with Crippen LogP contribution in [-0.4, -0.2) is 0 Å². The first kappa shape index (κ1) is 7.59. The second-order valence-electron chi connectivity index (χ2n) is 3.54. The van der Waals surface area contributed by atoms with E-state index in [2.05, 4.69) is 27.0 Å². The second-order valence-corrected chi connectivity index (χ2v) is 3.54. The molecule has 0 heterocycles. The molecule has 0 spiro atoms. The molecule has 0 aliphatic heterocycles. The smallest absolute Gasteiger partial charge is 0.00248 e. The van der Waals surface area contributed by atoms with Gasteiger partial charge in [0.05, 0.1) is 0 Å². The first-order valence-electron chi connectivity index (χ1n) is 3.98. The zero-order valence-corrected chi connectivity index (χ0v) is 6.98. The van der Waals surface area contributed by atoms with Gasteiger partial charge >= 0.3 is 0 Å². The predicted molar refractivity (Wildman–Crippen MR) is 45.8 cm³/mol. The van der Waals surface area contributed by atoms with Gasteiger partial charge < -0.3 is 0 Å². The van der Waals surface area contributed by atoms with Crippen LogP contribution in [0.1, 0.15) is 26.7 Å². The van der Waals surface area contributed by atoms with Crippen LogP contribution in [0.25, 0.3) is 0 Å². The van der Waals surface area contributed by atoms with E-state index in [0.717, 1.165) is 0 Å². The van der Waals surface area contributed by atoms with Crippen LogP contribution in [0, 0.1) is 11.8 Å². The molecule has 1 saturated carbocycles. The quantitative estimate of drug-likeness (QED) is 0.486. The van der Waals surface area contributed by atoms with E-state index in [4.69, 9.17) is 0 Å². The summed E-state index contributed by atoms with van der Waals surface area (Å²) in [6.45, 7) is 12.6. The lowest BCUT2D eigenvalue weighted by Crippen LogP contribution is -2.06. The van der Waals surface area contributed by atoms with E-state index in [9.17, 15) is 0 Å². The molecule has 56 valence electrons. The van der Waals surface area contributed by atoms with Crippen molar-refractivity contribution in [3.05, 3.63) is 24.3 Å². The Morgan fingerprint density at radius 1 is 1.20 bits per heavy atom. The zero-order valence-electron chi connectivity index (χ0n) is 6.98. The van der Waals surface area contributed by atoms with Gasteiger partial charge in [0.15, 0.2) is 0 Å². The van der Waals surface area contributed by atoms with Gasteiger partial charge in [-0.1, -0.05) is 38.2 Å². The highest BCUT2D eigenvalue weighted by atomic mass is 14.3. The van der Waals surface area contributed by atoms with Crippen LogP contribution >= 0.6 is 0 Å². The summed E-state index contributed by atoms with van der Waals surface area (Å²) in [5.74, 6) is 1.31. The van der Waals surface area contributed by atoms with Crippen molar-refractivity contribution in [2.24, 2.45) is 11.8 Å². The standard InChI is InChI=1S/C10H16/c1-7(2)10-8(3)5-6-9(10)4/h7,10H,3-6H2,1-2H3. The molecule has 1 rings (SSSR count). The lowest BCUT2D eigenvalue weighted by atomic mass is 9.89. The normalized spacial score (nSPS) is 21.1. The Morgan fingerprint density at radius 2 is 1.60 bits per heavy atom. The summed E-state index contributed by atoms with van der Waals surface area (Å²) in [6.07, 6.45) is 2.34. The van der Waals surface area contributed by atoms with Crippen molar-refractivity contribution in [2.75, 3.05) is 0 Å². The Hall–Kier alpha value is -0.520. The molecule has 0 aromatic carbocycles. The SMILES string of the molecule is C=C1CCC(=C)C1C(C)C. The monoisotopic (exact) mass is 136 g/mol. The minimum atomic E-state index is 0.611. The lowest BCUT2D eigenvalue weighted by Gasteiger charge is -2.16. The van der Waals surface area contributed by atoms with Crippen LogP contribution in [0.3, 0.4) is 0 Å². The maximum absolute atomic E-state index is 4.05. The molecule has 0 aromatic rings. The summed E-state index contributed by atoms with van der Waals surface area (Å²) >= 11 is 0. The minimum Gasteiger partial charge on any atom is -0.0992 e. The van der Waals surface area contributed by atoms with Gasteiger partial charge in [0.1, 0.15) is 0 Å². The Labute approximate surface area is 63.6 Å². The second kappa shape index (κ2) is 2.61. The number of rotatable bonds is 1. The molecule has 10 heavy (non-hydrogen) atoms. The van der Waals surface area contributed by atoms with E-state index in [1.165, 1.54) is 24.0 Å². The summed E-state index contributed by atoms with van der Waals surface area (Å²) < 4.78 is 0. The highest BCUT2D eigenvalue weighted by molar-refractivity contribution is 5.24. The van der Waals surface area contributed by atoms with Crippen molar-refractivity contribution in [2.45, 2.75) is 26.7 Å². The van der Waals surface area contributed by atoms with Crippen molar-refractivity contribution < 1.29 is 0 Å². The molecule has 0 bridgehead atoms. The summed E-state index contributed by atoms with van der Waals surface area (Å²) in [5.41, 5.74) is 2.78. The van der Waals surface area contributed by atoms with Gasteiger partial charge in [0, 0.05) is 5.92 Å². The number of allylic oxidation sites excluding steroid dienone is 2. The predicted octanol–water partition coefficient (Wildman–Crippen LogP) is 3.16. The molecular formula is C10H16. The summed E-state index contributed by atoms with van der Waals surface area (Å²) in [4.78, 5) is 0. The van der Waals surface area contributed by atoms with E-state index < -0.39 is 0 Å². The first-order valence-corrected chi connectivity index (χ1v) is 3.98. The molecule has 0 amide bonds. The Morgan fingerprint density at radius 3 is 1.80 bits per heavy atom. The summed E-state index contributed by atoms with van der Waals surface area (Å²) in [7, 11) is 0. The number of hydrogen-bond acceptors (Lipinski definition) is 0. The van der Waals surface area contributed by atoms with E-state index in [0.29, 0.717) is 11.8 Å². The fourth-order valence-electron chi connectivity index (χ4n) is 1.86. The van der Waals surface area contributed by atoms with Gasteiger partial charge in [-0.25, -0.2) is 0 Å². The third-order valence-corrected chi connectivity index (χ3v) is 2.31. The highest BCUT2D eigenvalue weighted by Gasteiger charge is 2.25. The van der Waals surface area contributed by atoms with Crippen LogP contribution < -0.4 is 0 Å². The highest BCUT2D eigenvalue weighted by Crippen LogP contribution is 2.38. The average molecular weight is 136 g/mol. The molecule has 1 fully saturated rings. The Bertz CT molecular complexity index is 147. The Balaban J connectivity index is 2.72. The average Bonchev–Trinajstić information content (AvgIpc) is 2.11. The van der Waals surface area contributed by atoms with Gasteiger partial charge in [-0.2, -0.15) is 0 Å². The zero-order chi connectivity index (χ0) is 7.72. The molecule has 0 heteroatoms. The van der Waals surface area contributed by atoms with Crippen LogP contribution in [0.15, 0.2) is 24.3 Å². The van der Waals surface area contributed by atoms with Crippen molar-refractivity contribution in [3.8, 4) is 0 Å². The van der Waals surface area contributed by atoms with Crippen LogP contribution in [0.2, 0.25) is 0 Å². The third kappa shape index (κ3) is 1.16. The maximum atomic E-state index is 4.05. The molecule has 0 radical (unpaired) electrons. The maximum Gasteiger partial charge on any atom is 0.00248 e. The molecule has 0 unspecified atom stereocenters. The number of hydrogen-bond donors (Lipinski definition) is 0. The Kier molecular flexibility index (Phi) is 1.98. The summed E-state index contributed by atoms with van der Waals surface area (Å²) in [6, 6.07) is 0. The first-order chi connectivity index (χ1) is 4.63. The van der Waals surface area contributed by atoms with Crippen molar-refractivity contribution in [3.63, 3.8) is 0 Å². The van der Waals surface area contributed by atoms with Gasteiger partial charge in [-0.05, 0) is 18.8 Å². The van der Waals surface area contributed by atoms with Crippen molar-refractivity contribution in [1.82, 2.24) is 0 Å². The van der Waals surface area contributed by atoms with Gasteiger partial charge in [-0.15, -0.1) is 0 Å². The van der Waals surface area contributed by atoms with Crippen molar-refractivity contribution in [1.29, 1.82) is 0 Å². The fourth-order valence-corrected chi connectivity index (χ4v) is 1.86. The van der Waals surface area contributed by atoms with Crippen LogP contribution in [-0.2, 0) is 0 Å². The van der Waals surface area contributed by atoms with E-state index >= 15 is 0 Å². The molecule has 0 aromatic heterocycles. The van der Waals surface area contributed by atoms with Crippen LogP contribution in [0.4, 0.5) is 0 Å². The molecule has 1 aliphatic rings. The molecule has 0 nitrogen and oxygen atoms in total. The topological polar surface area (TPSA) is 0 Å². The van der Waals surface area contributed by atoms with E-state index in [-0.39, 0.29) is 0 Å². The summed E-state index contributed by atoms with van der Waals surface area (Å²) in [5, 5.41) is 0. The van der Waals surface area contributed by atoms with Gasteiger partial charge in [-0.3, -0.25) is 0 Å². The largest absolute Gasteiger partial charge is 0.0992 e. The van der Waals surface area contributed by atoms with Crippen molar-refractivity contribution >= 4 is 0 Å². The molecular weight excluding hydrogens is 120 g/mol. The molecule has 0 atom stereocenters. The molecule has 0 saturated heterocycles. The minimum absolute atomic E-state index is 0.611. The van der Waals surface area contributed by atoms with Gasteiger partial charge in [0.25, 0.3) is 0 Å². The van der Waals surface area contributed by atoms with E-state index in [1.54, 1.807) is 0 Å². The van der Waals surface area contributed by atoms with Crippen LogP contribution in [0.5, 0.6) is 0 Å². The van der Waals surface area contributed by atoms with Gasteiger partial charge in [0.2, 0.25) is 0 Å². The molecule has 0 N–H and O–H groups in total.